The molecular weight excluding hydrogens is 439 g/mol. The molecule has 9 heteroatoms. The molecule has 1 aliphatic heterocycles. The maximum absolute atomic E-state index is 13.4. The van der Waals surface area contributed by atoms with Gasteiger partial charge in [-0.2, -0.15) is 0 Å². The number of rotatable bonds is 3. The Bertz CT molecular complexity index is 1130. The third kappa shape index (κ3) is 3.99. The minimum atomic E-state index is -0.851. The summed E-state index contributed by atoms with van der Waals surface area (Å²) in [6.07, 6.45) is 6.41. The number of hydrogen-bond acceptors (Lipinski definition) is 5. The minimum Gasteiger partial charge on any atom is -0.462 e. The summed E-state index contributed by atoms with van der Waals surface area (Å²) in [6, 6.07) is 9.14. The van der Waals surface area contributed by atoms with E-state index < -0.39 is 17.7 Å². The third-order valence-electron chi connectivity index (χ3n) is 7.76. The maximum atomic E-state index is 13.4. The van der Waals surface area contributed by atoms with Gasteiger partial charge in [-0.15, -0.1) is 0 Å². The molecule has 0 unspecified atom stereocenters. The van der Waals surface area contributed by atoms with Crippen LogP contribution in [0.5, 0.6) is 0 Å². The molecule has 0 atom stereocenters. The van der Waals surface area contributed by atoms with Gasteiger partial charge in [-0.05, 0) is 73.3 Å². The number of hydrogen-bond donors (Lipinski definition) is 2. The van der Waals surface area contributed by atoms with Gasteiger partial charge in [-0.1, -0.05) is 12.1 Å². The van der Waals surface area contributed by atoms with Gasteiger partial charge in [0.05, 0.1) is 25.5 Å². The standard InChI is InChI=1S/C25H27FN4O4/c1-34-22(32)21(31)29-25-9-6-24(7-10-25,8-11-25)17-2-4-19(5-3-17)28-23(33)30-14-16-12-18(26)13-27-20(16)15-30/h2-5,12-13H,6-11,14-15H2,1H3,(H,28,33)(H,29,31). The van der Waals surface area contributed by atoms with Gasteiger partial charge in [0.15, 0.2) is 0 Å². The van der Waals surface area contributed by atoms with Gasteiger partial charge < -0.3 is 20.3 Å². The second-order valence-corrected chi connectivity index (χ2v) is 9.63. The van der Waals surface area contributed by atoms with Crippen molar-refractivity contribution in [3.8, 4) is 0 Å². The zero-order chi connectivity index (χ0) is 23.9. The summed E-state index contributed by atoms with van der Waals surface area (Å²) in [5.41, 5.74) is 3.11. The van der Waals surface area contributed by atoms with Gasteiger partial charge in [-0.25, -0.2) is 14.0 Å². The van der Waals surface area contributed by atoms with E-state index in [-0.39, 0.29) is 17.0 Å². The molecule has 3 saturated carbocycles. The molecule has 0 saturated heterocycles. The molecule has 1 aromatic carbocycles. The van der Waals surface area contributed by atoms with E-state index in [1.54, 1.807) is 4.90 Å². The van der Waals surface area contributed by atoms with E-state index in [0.717, 1.165) is 49.8 Å². The van der Waals surface area contributed by atoms with Crippen LogP contribution in [-0.4, -0.2) is 40.4 Å². The maximum Gasteiger partial charge on any atom is 0.396 e. The van der Waals surface area contributed by atoms with Crippen LogP contribution in [0.15, 0.2) is 36.5 Å². The molecular formula is C25H27FN4O4. The molecule has 178 valence electrons. The zero-order valence-corrected chi connectivity index (χ0v) is 19.0. The van der Waals surface area contributed by atoms with Crippen molar-refractivity contribution in [2.75, 3.05) is 12.4 Å². The molecule has 0 spiro atoms. The summed E-state index contributed by atoms with van der Waals surface area (Å²) in [5.74, 6) is -1.92. The van der Waals surface area contributed by atoms with E-state index >= 15 is 0 Å². The van der Waals surface area contributed by atoms with Crippen LogP contribution in [0.3, 0.4) is 0 Å². The predicted octanol–water partition coefficient (Wildman–Crippen LogP) is 3.40. The largest absolute Gasteiger partial charge is 0.462 e. The number of anilines is 1. The highest BCUT2D eigenvalue weighted by Gasteiger charge is 2.50. The van der Waals surface area contributed by atoms with Gasteiger partial charge in [0.1, 0.15) is 5.82 Å². The molecule has 2 heterocycles. The number of nitrogens with zero attached hydrogens (tertiary/aromatic N) is 2. The number of carbonyl (C=O) groups is 3. The molecule has 6 rings (SSSR count). The predicted molar refractivity (Wildman–Crippen MR) is 121 cm³/mol. The smallest absolute Gasteiger partial charge is 0.396 e. The molecule has 2 N–H and O–H groups in total. The number of methoxy groups -OCH3 is 1. The van der Waals surface area contributed by atoms with Crippen LogP contribution in [0.4, 0.5) is 14.9 Å². The van der Waals surface area contributed by atoms with Crippen LogP contribution < -0.4 is 10.6 Å². The molecule has 3 aliphatic carbocycles. The van der Waals surface area contributed by atoms with E-state index in [4.69, 9.17) is 0 Å². The van der Waals surface area contributed by atoms with Crippen molar-refractivity contribution in [3.05, 3.63) is 59.2 Å². The fourth-order valence-electron chi connectivity index (χ4n) is 5.68. The van der Waals surface area contributed by atoms with Crippen molar-refractivity contribution < 1.29 is 23.5 Å². The summed E-state index contributed by atoms with van der Waals surface area (Å²) in [5, 5.41) is 5.84. The van der Waals surface area contributed by atoms with Crippen LogP contribution in [0.1, 0.15) is 55.3 Å². The van der Waals surface area contributed by atoms with Gasteiger partial charge in [0, 0.05) is 17.8 Å². The number of esters is 1. The third-order valence-corrected chi connectivity index (χ3v) is 7.76. The molecule has 1 aromatic heterocycles. The lowest BCUT2D eigenvalue weighted by Crippen LogP contribution is -2.59. The van der Waals surface area contributed by atoms with E-state index in [1.165, 1.54) is 24.9 Å². The Morgan fingerprint density at radius 1 is 1.03 bits per heavy atom. The molecule has 2 bridgehead atoms. The van der Waals surface area contributed by atoms with Crippen molar-refractivity contribution in [1.82, 2.24) is 15.2 Å². The molecule has 2 aromatic rings. The molecule has 0 radical (unpaired) electrons. The molecule has 8 nitrogen and oxygen atoms in total. The van der Waals surface area contributed by atoms with Gasteiger partial charge >= 0.3 is 17.9 Å². The van der Waals surface area contributed by atoms with Crippen LogP contribution in [0.2, 0.25) is 0 Å². The lowest BCUT2D eigenvalue weighted by molar-refractivity contribution is -0.154. The highest BCUT2D eigenvalue weighted by molar-refractivity contribution is 6.32. The van der Waals surface area contributed by atoms with Crippen LogP contribution in [-0.2, 0) is 32.8 Å². The van der Waals surface area contributed by atoms with Crippen molar-refractivity contribution in [3.63, 3.8) is 0 Å². The van der Waals surface area contributed by atoms with E-state index in [1.807, 2.05) is 12.1 Å². The monoisotopic (exact) mass is 466 g/mol. The normalized spacial score (nSPS) is 24.9. The quantitative estimate of drug-likeness (QED) is 0.533. The molecule has 4 aliphatic rings. The minimum absolute atomic E-state index is 0.0482. The lowest BCUT2D eigenvalue weighted by Gasteiger charge is -2.53. The average Bonchev–Trinajstić information content (AvgIpc) is 3.28. The van der Waals surface area contributed by atoms with E-state index in [0.29, 0.717) is 18.8 Å². The van der Waals surface area contributed by atoms with E-state index in [2.05, 4.69) is 32.5 Å². The van der Waals surface area contributed by atoms with Crippen LogP contribution >= 0.6 is 0 Å². The summed E-state index contributed by atoms with van der Waals surface area (Å²) < 4.78 is 17.9. The first-order valence-electron chi connectivity index (χ1n) is 11.5. The Kier molecular flexibility index (Phi) is 5.50. The second kappa shape index (κ2) is 8.38. The Labute approximate surface area is 196 Å². The summed E-state index contributed by atoms with van der Waals surface area (Å²) in [4.78, 5) is 41.9. The Hall–Kier alpha value is -3.49. The summed E-state index contributed by atoms with van der Waals surface area (Å²) in [7, 11) is 1.21. The first-order chi connectivity index (χ1) is 16.3. The number of halogens is 1. The lowest BCUT2D eigenvalue weighted by atomic mass is 9.55. The highest BCUT2D eigenvalue weighted by atomic mass is 19.1. The van der Waals surface area contributed by atoms with Crippen molar-refractivity contribution in [1.29, 1.82) is 0 Å². The van der Waals surface area contributed by atoms with Crippen LogP contribution in [0, 0.1) is 5.82 Å². The van der Waals surface area contributed by atoms with Gasteiger partial charge in [0.2, 0.25) is 0 Å². The number of aromatic nitrogens is 1. The van der Waals surface area contributed by atoms with E-state index in [9.17, 15) is 18.8 Å². The van der Waals surface area contributed by atoms with Crippen molar-refractivity contribution >= 4 is 23.6 Å². The van der Waals surface area contributed by atoms with Crippen molar-refractivity contribution in [2.45, 2.75) is 62.6 Å². The van der Waals surface area contributed by atoms with Crippen LogP contribution in [0.25, 0.3) is 0 Å². The fraction of sp³-hybridized carbons (Fsp3) is 0.440. The fourth-order valence-corrected chi connectivity index (χ4v) is 5.68. The number of benzene rings is 1. The Morgan fingerprint density at radius 3 is 2.35 bits per heavy atom. The molecule has 34 heavy (non-hydrogen) atoms. The number of nitrogens with one attached hydrogen (secondary N) is 2. The number of pyridine rings is 1. The van der Waals surface area contributed by atoms with Gasteiger partial charge in [-0.3, -0.25) is 9.78 Å². The zero-order valence-electron chi connectivity index (χ0n) is 19.0. The first-order valence-corrected chi connectivity index (χ1v) is 11.5. The topological polar surface area (TPSA) is 101 Å². The number of carbonyl (C=O) groups excluding carboxylic acids is 3. The highest BCUT2D eigenvalue weighted by Crippen LogP contribution is 2.53. The number of fused-ring (bicyclic) bond motifs is 4. The first kappa shape index (κ1) is 22.3. The number of amides is 3. The summed E-state index contributed by atoms with van der Waals surface area (Å²) >= 11 is 0. The Morgan fingerprint density at radius 2 is 1.71 bits per heavy atom. The number of urea groups is 1. The number of ether oxygens (including phenoxy) is 1. The summed E-state index contributed by atoms with van der Waals surface area (Å²) in [6.45, 7) is 0.693. The Balaban J connectivity index is 1.20. The molecule has 3 fully saturated rings. The molecule has 3 amide bonds. The SMILES string of the molecule is COC(=O)C(=O)NC12CCC(c3ccc(NC(=O)N4Cc5cc(F)cnc5C4)cc3)(CC1)CC2. The average molecular weight is 467 g/mol. The van der Waals surface area contributed by atoms with Gasteiger partial charge in [0.25, 0.3) is 0 Å². The van der Waals surface area contributed by atoms with Crippen molar-refractivity contribution in [2.24, 2.45) is 0 Å². The second-order valence-electron chi connectivity index (χ2n) is 9.63.